The number of hydrogen-bond acceptors (Lipinski definition) is 4. The van der Waals surface area contributed by atoms with Gasteiger partial charge in [0.2, 0.25) is 0 Å². The Bertz CT molecular complexity index is 1540. The zero-order valence-corrected chi connectivity index (χ0v) is 19.0. The molecule has 172 valence electrons. The van der Waals surface area contributed by atoms with Crippen LogP contribution in [-0.2, 0) is 35.9 Å². The highest BCUT2D eigenvalue weighted by Gasteiger charge is 2.17. The second-order valence-corrected chi connectivity index (χ2v) is 9.36. The number of nitrogens with zero attached hydrogens (tertiary/aromatic N) is 2. The van der Waals surface area contributed by atoms with Crippen LogP contribution in [0.4, 0.5) is 0 Å². The third-order valence-corrected chi connectivity index (χ3v) is 7.14. The lowest BCUT2D eigenvalue weighted by Gasteiger charge is -2.14. The van der Waals surface area contributed by atoms with Crippen molar-refractivity contribution in [2.24, 2.45) is 0 Å². The molecule has 2 aromatic heterocycles. The van der Waals surface area contributed by atoms with Gasteiger partial charge in [-0.25, -0.2) is 0 Å². The summed E-state index contributed by atoms with van der Waals surface area (Å²) in [6, 6.07) is 25.6. The molecule has 6 aromatic rings. The molecule has 0 N–H and O–H groups in total. The molecule has 6 heteroatoms. The lowest BCUT2D eigenvalue weighted by atomic mass is 10.1. The van der Waals surface area contributed by atoms with Crippen molar-refractivity contribution in [1.29, 1.82) is 0 Å². The molecule has 0 saturated heterocycles. The lowest BCUT2D eigenvalue weighted by Crippen LogP contribution is -2.23. The van der Waals surface area contributed by atoms with Gasteiger partial charge >= 0.3 is 0 Å². The fourth-order valence-corrected chi connectivity index (χ4v) is 5.50. The molecule has 0 aliphatic carbocycles. The second kappa shape index (κ2) is 7.25. The quantitative estimate of drug-likeness (QED) is 0.300. The van der Waals surface area contributed by atoms with Crippen molar-refractivity contribution >= 4 is 43.6 Å². The van der Waals surface area contributed by atoms with E-state index >= 15 is 0 Å². The fraction of sp³-hybridized carbons (Fsp3) is 0.172. The Kier molecular flexibility index (Phi) is 4.00. The summed E-state index contributed by atoms with van der Waals surface area (Å²) >= 11 is 0. The summed E-state index contributed by atoms with van der Waals surface area (Å²) in [5.41, 5.74) is 8.51. The van der Waals surface area contributed by atoms with Gasteiger partial charge in [-0.3, -0.25) is 0 Å². The molecule has 14 bridgehead atoms. The van der Waals surface area contributed by atoms with Gasteiger partial charge in [-0.1, -0.05) is 24.3 Å². The van der Waals surface area contributed by atoms with Crippen molar-refractivity contribution in [1.82, 2.24) is 9.46 Å². The normalized spacial score (nSPS) is 15.7. The third-order valence-electron chi connectivity index (χ3n) is 7.14. The van der Waals surface area contributed by atoms with Crippen LogP contribution in [0.3, 0.4) is 0 Å². The van der Waals surface area contributed by atoms with Crippen LogP contribution in [0.1, 0.15) is 22.3 Å². The Morgan fingerprint density at radius 3 is 1.06 bits per heavy atom. The maximum absolute atomic E-state index is 6.28. The van der Waals surface area contributed by atoms with Crippen LogP contribution in [0.2, 0.25) is 0 Å². The minimum Gasteiger partial charge on any atom is -0.372 e. The molecule has 0 amide bonds. The van der Waals surface area contributed by atoms with E-state index < -0.39 is 0 Å². The van der Waals surface area contributed by atoms with Gasteiger partial charge in [-0.2, -0.15) is 9.46 Å². The van der Waals surface area contributed by atoms with Crippen molar-refractivity contribution in [3.05, 3.63) is 95.1 Å². The summed E-state index contributed by atoms with van der Waals surface area (Å²) in [7, 11) is 0. The smallest absolute Gasteiger partial charge is 0.276 e. The first-order valence-electron chi connectivity index (χ1n) is 11.9. The SMILES string of the molecule is c1cc2c3cc1COCc1ccc4c(c1)c1cc5ccc1n4OCOn2c1ccc(cc31)COC5. The van der Waals surface area contributed by atoms with Gasteiger partial charge < -0.3 is 19.1 Å². The molecule has 4 aromatic carbocycles. The molecule has 35 heavy (non-hydrogen) atoms. The predicted molar refractivity (Wildman–Crippen MR) is 134 cm³/mol. The summed E-state index contributed by atoms with van der Waals surface area (Å²) in [5, 5.41) is 4.50. The Morgan fingerprint density at radius 2 is 0.743 bits per heavy atom. The Labute approximate surface area is 200 Å². The van der Waals surface area contributed by atoms with Crippen LogP contribution >= 0.6 is 0 Å². The van der Waals surface area contributed by atoms with Gasteiger partial charge in [-0.15, -0.1) is 0 Å². The van der Waals surface area contributed by atoms with Crippen molar-refractivity contribution in [2.75, 3.05) is 6.79 Å². The van der Waals surface area contributed by atoms with Crippen LogP contribution in [0, 0.1) is 0 Å². The highest BCUT2D eigenvalue weighted by Crippen LogP contribution is 2.33. The summed E-state index contributed by atoms with van der Waals surface area (Å²) in [5.74, 6) is 0. The molecular weight excluding hydrogens is 440 g/mol. The molecular formula is C29H22N2O4. The van der Waals surface area contributed by atoms with Crippen molar-refractivity contribution in [3.63, 3.8) is 0 Å². The van der Waals surface area contributed by atoms with Gasteiger partial charge in [0.05, 0.1) is 48.5 Å². The fourth-order valence-electron chi connectivity index (χ4n) is 5.50. The summed E-state index contributed by atoms with van der Waals surface area (Å²) in [6.45, 7) is 2.23. The number of fused-ring (bicyclic) bond motifs is 1. The molecule has 0 spiro atoms. The van der Waals surface area contributed by atoms with Crippen LogP contribution in [0.5, 0.6) is 0 Å². The van der Waals surface area contributed by atoms with Gasteiger partial charge in [0.15, 0.2) is 0 Å². The highest BCUT2D eigenvalue weighted by atomic mass is 16.8. The Hall–Kier alpha value is -4.00. The van der Waals surface area contributed by atoms with Crippen molar-refractivity contribution in [3.8, 4) is 0 Å². The van der Waals surface area contributed by atoms with Crippen molar-refractivity contribution < 1.29 is 19.1 Å². The first-order chi connectivity index (χ1) is 17.3. The average molecular weight is 463 g/mol. The minimum atomic E-state index is 0.0665. The molecule has 7 aliphatic rings. The van der Waals surface area contributed by atoms with Crippen LogP contribution in [0.25, 0.3) is 43.6 Å². The maximum atomic E-state index is 6.28. The Morgan fingerprint density at radius 1 is 0.429 bits per heavy atom. The topological polar surface area (TPSA) is 46.8 Å². The monoisotopic (exact) mass is 462 g/mol. The molecule has 0 fully saturated rings. The van der Waals surface area contributed by atoms with Crippen LogP contribution in [-0.4, -0.2) is 16.3 Å². The van der Waals surface area contributed by atoms with E-state index in [0.717, 1.165) is 65.9 Å². The zero-order valence-electron chi connectivity index (χ0n) is 19.0. The van der Waals surface area contributed by atoms with Gasteiger partial charge in [0.25, 0.3) is 6.79 Å². The maximum Gasteiger partial charge on any atom is 0.276 e. The van der Waals surface area contributed by atoms with Crippen LogP contribution in [0.15, 0.2) is 72.8 Å². The van der Waals surface area contributed by atoms with E-state index in [0.29, 0.717) is 26.4 Å². The summed E-state index contributed by atoms with van der Waals surface area (Å²) in [6.07, 6.45) is 0. The van der Waals surface area contributed by atoms with Gasteiger partial charge in [-0.05, 0) is 70.8 Å². The minimum absolute atomic E-state index is 0.0665. The summed E-state index contributed by atoms with van der Waals surface area (Å²) < 4.78 is 16.1. The van der Waals surface area contributed by atoms with E-state index in [1.807, 2.05) is 9.46 Å². The number of rotatable bonds is 0. The number of benzene rings is 4. The van der Waals surface area contributed by atoms with Gasteiger partial charge in [0.1, 0.15) is 0 Å². The van der Waals surface area contributed by atoms with E-state index in [1.54, 1.807) is 0 Å². The van der Waals surface area contributed by atoms with Crippen molar-refractivity contribution in [2.45, 2.75) is 26.4 Å². The van der Waals surface area contributed by atoms with Crippen LogP contribution < -0.4 is 9.68 Å². The molecule has 0 saturated carbocycles. The van der Waals surface area contributed by atoms with E-state index in [9.17, 15) is 0 Å². The average Bonchev–Trinajstić information content (AvgIpc) is 3.35. The molecule has 9 heterocycles. The third kappa shape index (κ3) is 2.90. The Balaban J connectivity index is 1.43. The molecule has 7 aliphatic heterocycles. The lowest BCUT2D eigenvalue weighted by molar-refractivity contribution is -0.0502. The highest BCUT2D eigenvalue weighted by molar-refractivity contribution is 6.09. The first kappa shape index (κ1) is 19.3. The molecule has 6 nitrogen and oxygen atoms in total. The molecule has 0 unspecified atom stereocenters. The second-order valence-electron chi connectivity index (χ2n) is 9.36. The predicted octanol–water partition coefficient (Wildman–Crippen LogP) is 5.48. The molecule has 13 rings (SSSR count). The molecule has 0 atom stereocenters. The number of hydrogen-bond donors (Lipinski definition) is 0. The largest absolute Gasteiger partial charge is 0.372 e. The summed E-state index contributed by atoms with van der Waals surface area (Å²) in [4.78, 5) is 12.6. The van der Waals surface area contributed by atoms with E-state index in [-0.39, 0.29) is 6.79 Å². The van der Waals surface area contributed by atoms with Gasteiger partial charge in [0, 0.05) is 21.5 Å². The molecule has 0 radical (unpaired) electrons. The van der Waals surface area contributed by atoms with E-state index in [1.165, 1.54) is 0 Å². The number of aromatic nitrogens is 2. The van der Waals surface area contributed by atoms with E-state index in [2.05, 4.69) is 72.8 Å². The van der Waals surface area contributed by atoms with E-state index in [4.69, 9.17) is 19.1 Å². The number of ether oxygens (including phenoxy) is 2. The first-order valence-corrected chi connectivity index (χ1v) is 11.9. The zero-order chi connectivity index (χ0) is 22.9. The standard InChI is InChI=1S/C29H22N2O4/c1-5-26-22-9-18(1)13-32-14-19-3-7-28-24(11-19)25-12-21-4-8-29(25)31(28)35-17-34-30(26)27-6-2-20(10-23(22)27)15-33-16-21/h1-12H,13-17H2.